The number of hydrogen-bond acceptors (Lipinski definition) is 1. The SMILES string of the molecule is C=C/C=C(\C=C/NCCCCCCCCCCCC[N+]1=CCC(CCCC)C=C1)CCCC. The second-order valence-electron chi connectivity index (χ2n) is 9.80. The lowest BCUT2D eigenvalue weighted by Crippen LogP contribution is -2.15. The van der Waals surface area contributed by atoms with E-state index >= 15 is 0 Å². The molecule has 1 heterocycles. The van der Waals surface area contributed by atoms with Crippen molar-refractivity contribution in [3.8, 4) is 0 Å². The molecule has 1 rings (SSSR count). The van der Waals surface area contributed by atoms with Crippen LogP contribution in [-0.2, 0) is 0 Å². The first-order chi connectivity index (χ1) is 16.3. The van der Waals surface area contributed by atoms with Crippen molar-refractivity contribution in [2.24, 2.45) is 5.92 Å². The lowest BCUT2D eigenvalue weighted by atomic mass is 9.97. The Morgan fingerprint density at radius 3 is 2.18 bits per heavy atom. The van der Waals surface area contributed by atoms with Crippen molar-refractivity contribution in [1.82, 2.24) is 5.32 Å². The van der Waals surface area contributed by atoms with Crippen LogP contribution in [0.4, 0.5) is 0 Å². The number of nitrogens with one attached hydrogen (secondary N) is 1. The smallest absolute Gasteiger partial charge is 0.164 e. The molecule has 0 saturated carbocycles. The van der Waals surface area contributed by atoms with Gasteiger partial charge in [-0.2, -0.15) is 0 Å². The van der Waals surface area contributed by atoms with Crippen molar-refractivity contribution in [2.75, 3.05) is 13.1 Å². The van der Waals surface area contributed by atoms with Crippen molar-refractivity contribution in [2.45, 2.75) is 123 Å². The minimum absolute atomic E-state index is 0.794. The molecule has 1 aliphatic rings. The number of allylic oxidation sites excluding steroid dienone is 5. The van der Waals surface area contributed by atoms with E-state index in [0.717, 1.165) is 18.9 Å². The van der Waals surface area contributed by atoms with Gasteiger partial charge in [-0.05, 0) is 61.9 Å². The zero-order chi connectivity index (χ0) is 23.8. The van der Waals surface area contributed by atoms with E-state index in [1.807, 2.05) is 6.08 Å². The van der Waals surface area contributed by atoms with Gasteiger partial charge < -0.3 is 5.32 Å². The molecule has 0 aromatic rings. The van der Waals surface area contributed by atoms with Crippen LogP contribution in [0.3, 0.4) is 0 Å². The van der Waals surface area contributed by atoms with Gasteiger partial charge in [0.15, 0.2) is 6.20 Å². The summed E-state index contributed by atoms with van der Waals surface area (Å²) in [4.78, 5) is 0. The van der Waals surface area contributed by atoms with E-state index in [-0.39, 0.29) is 0 Å². The predicted octanol–water partition coefficient (Wildman–Crippen LogP) is 9.10. The Morgan fingerprint density at radius 2 is 1.58 bits per heavy atom. The van der Waals surface area contributed by atoms with Crippen molar-refractivity contribution in [3.05, 3.63) is 48.9 Å². The average molecular weight is 456 g/mol. The molecular weight excluding hydrogens is 400 g/mol. The predicted molar refractivity (Wildman–Crippen MR) is 149 cm³/mol. The van der Waals surface area contributed by atoms with Crippen molar-refractivity contribution < 1.29 is 4.58 Å². The number of unbranched alkanes of at least 4 members (excludes halogenated alkanes) is 11. The maximum absolute atomic E-state index is 3.82. The van der Waals surface area contributed by atoms with Gasteiger partial charge in [-0.25, -0.2) is 4.58 Å². The molecule has 2 heteroatoms. The van der Waals surface area contributed by atoms with E-state index in [2.05, 4.69) is 67.2 Å². The van der Waals surface area contributed by atoms with E-state index < -0.39 is 0 Å². The molecule has 0 aromatic heterocycles. The summed E-state index contributed by atoms with van der Waals surface area (Å²) in [7, 11) is 0. The summed E-state index contributed by atoms with van der Waals surface area (Å²) in [5.41, 5.74) is 1.37. The Morgan fingerprint density at radius 1 is 0.909 bits per heavy atom. The molecular formula is C31H55N2+. The fourth-order valence-corrected chi connectivity index (χ4v) is 4.43. The molecule has 0 radical (unpaired) electrons. The molecule has 0 saturated heterocycles. The van der Waals surface area contributed by atoms with Crippen LogP contribution >= 0.6 is 0 Å². The molecule has 1 atom stereocenters. The molecule has 0 amide bonds. The third kappa shape index (κ3) is 17.6. The normalized spacial score (nSPS) is 16.4. The largest absolute Gasteiger partial charge is 0.391 e. The first-order valence-electron chi connectivity index (χ1n) is 14.3. The fourth-order valence-electron chi connectivity index (χ4n) is 4.43. The standard InChI is InChI=1S/C31H55N2/c1-4-7-20-30(19-6-3)22-26-32-25-17-15-13-11-9-10-12-14-16-18-27-33-28-23-31(24-29-33)21-8-5-2/h6,19,22-23,26,28-29,31-32H,3-5,7-18,20-21,24-25,27H2,1-2H3/q+1/b26-22-,30-19-. The molecule has 2 nitrogen and oxygen atoms in total. The van der Waals surface area contributed by atoms with Crippen LogP contribution in [0.25, 0.3) is 0 Å². The quantitative estimate of drug-likeness (QED) is 0.0977. The van der Waals surface area contributed by atoms with Crippen molar-refractivity contribution in [1.29, 1.82) is 0 Å². The molecule has 0 spiro atoms. The van der Waals surface area contributed by atoms with Gasteiger partial charge in [-0.3, -0.25) is 0 Å². The maximum Gasteiger partial charge on any atom is 0.164 e. The second kappa shape index (κ2) is 22.2. The summed E-state index contributed by atoms with van der Waals surface area (Å²) in [6.45, 7) is 10.6. The lowest BCUT2D eigenvalue weighted by molar-refractivity contribution is -0.456. The fraction of sp³-hybridized carbons (Fsp3) is 0.710. The van der Waals surface area contributed by atoms with Gasteiger partial charge in [0.1, 0.15) is 12.8 Å². The summed E-state index contributed by atoms with van der Waals surface area (Å²) in [6.07, 6.45) is 38.3. The number of hydrogen-bond donors (Lipinski definition) is 1. The number of nitrogens with zero attached hydrogens (tertiary/aromatic N) is 1. The van der Waals surface area contributed by atoms with Gasteiger partial charge in [0.2, 0.25) is 0 Å². The molecule has 0 aromatic carbocycles. The lowest BCUT2D eigenvalue weighted by Gasteiger charge is -2.11. The molecule has 0 fully saturated rings. The molecule has 1 N–H and O–H groups in total. The highest BCUT2D eigenvalue weighted by Gasteiger charge is 2.12. The Kier molecular flexibility index (Phi) is 19.8. The van der Waals surface area contributed by atoms with Crippen LogP contribution in [0.5, 0.6) is 0 Å². The summed E-state index contributed by atoms with van der Waals surface area (Å²) in [5, 5.41) is 3.45. The van der Waals surface area contributed by atoms with Gasteiger partial charge in [-0.1, -0.05) is 96.8 Å². The molecule has 1 aliphatic heterocycles. The van der Waals surface area contributed by atoms with Crippen LogP contribution < -0.4 is 5.32 Å². The van der Waals surface area contributed by atoms with Gasteiger partial charge >= 0.3 is 0 Å². The molecule has 0 aliphatic carbocycles. The van der Waals surface area contributed by atoms with E-state index in [1.54, 1.807) is 0 Å². The first kappa shape index (κ1) is 29.5. The van der Waals surface area contributed by atoms with Crippen LogP contribution in [0.15, 0.2) is 48.9 Å². The third-order valence-electron chi connectivity index (χ3n) is 6.67. The van der Waals surface area contributed by atoms with Crippen molar-refractivity contribution in [3.63, 3.8) is 0 Å². The monoisotopic (exact) mass is 455 g/mol. The Hall–Kier alpha value is -1.57. The highest BCUT2D eigenvalue weighted by atomic mass is 15.0. The topological polar surface area (TPSA) is 15.0 Å². The van der Waals surface area contributed by atoms with Crippen LogP contribution in [0.1, 0.15) is 123 Å². The maximum atomic E-state index is 3.82. The van der Waals surface area contributed by atoms with Crippen LogP contribution in [0, 0.1) is 5.92 Å². The summed E-state index contributed by atoms with van der Waals surface area (Å²) in [5.74, 6) is 0.794. The molecule has 1 unspecified atom stereocenters. The zero-order valence-corrected chi connectivity index (χ0v) is 22.2. The van der Waals surface area contributed by atoms with Crippen LogP contribution in [-0.4, -0.2) is 23.9 Å². The summed E-state index contributed by atoms with van der Waals surface area (Å²) < 4.78 is 2.43. The van der Waals surface area contributed by atoms with Gasteiger partial charge in [0, 0.05) is 19.4 Å². The average Bonchev–Trinajstić information content (AvgIpc) is 2.84. The van der Waals surface area contributed by atoms with Gasteiger partial charge in [0.05, 0.1) is 0 Å². The summed E-state index contributed by atoms with van der Waals surface area (Å²) in [6, 6.07) is 0. The molecule has 0 bridgehead atoms. The Balaban J connectivity index is 1.86. The van der Waals surface area contributed by atoms with Crippen LogP contribution in [0.2, 0.25) is 0 Å². The second-order valence-corrected chi connectivity index (χ2v) is 9.80. The zero-order valence-electron chi connectivity index (χ0n) is 22.2. The molecule has 188 valence electrons. The van der Waals surface area contributed by atoms with Crippen molar-refractivity contribution >= 4 is 6.21 Å². The highest BCUT2D eigenvalue weighted by Crippen LogP contribution is 2.16. The Bertz CT molecular complexity index is 582. The minimum atomic E-state index is 0.794. The van der Waals surface area contributed by atoms with E-state index in [9.17, 15) is 0 Å². The number of rotatable bonds is 22. The van der Waals surface area contributed by atoms with E-state index in [4.69, 9.17) is 0 Å². The third-order valence-corrected chi connectivity index (χ3v) is 6.67. The molecule has 33 heavy (non-hydrogen) atoms. The minimum Gasteiger partial charge on any atom is -0.391 e. The first-order valence-corrected chi connectivity index (χ1v) is 14.3. The van der Waals surface area contributed by atoms with Gasteiger partial charge in [0.25, 0.3) is 0 Å². The van der Waals surface area contributed by atoms with Gasteiger partial charge in [-0.15, -0.1) is 0 Å². The van der Waals surface area contributed by atoms with E-state index in [0.29, 0.717) is 0 Å². The summed E-state index contributed by atoms with van der Waals surface area (Å²) >= 11 is 0. The highest BCUT2D eigenvalue weighted by molar-refractivity contribution is 5.53. The van der Waals surface area contributed by atoms with E-state index in [1.165, 1.54) is 115 Å². The Labute approximate surface area is 207 Å².